The van der Waals surface area contributed by atoms with E-state index in [0.717, 1.165) is 33.8 Å². The number of amides is 1. The zero-order valence-electron chi connectivity index (χ0n) is 11.1. The molecule has 0 bridgehead atoms. The van der Waals surface area contributed by atoms with Crippen molar-refractivity contribution in [2.75, 3.05) is 5.32 Å². The summed E-state index contributed by atoms with van der Waals surface area (Å²) in [7, 11) is 0. The van der Waals surface area contributed by atoms with Gasteiger partial charge in [-0.3, -0.25) is 4.79 Å². The molecule has 1 atom stereocenters. The molecular weight excluding hydrogens is 316 g/mol. The standard InChI is InChI=1S/C16H17BrN2O/c17-13-7-8-15(12-4-2-1-3-11(12)13)19-16(20)9-14(18)10-5-6-10/h1-4,7-8,10,14H,5-6,9,18H2,(H,19,20). The lowest BCUT2D eigenvalue weighted by molar-refractivity contribution is -0.116. The lowest BCUT2D eigenvalue weighted by atomic mass is 10.1. The van der Waals surface area contributed by atoms with Crippen LogP contribution in [0.3, 0.4) is 0 Å². The lowest BCUT2D eigenvalue weighted by Gasteiger charge is -2.13. The summed E-state index contributed by atoms with van der Waals surface area (Å²) in [6, 6.07) is 11.9. The van der Waals surface area contributed by atoms with Crippen molar-refractivity contribution < 1.29 is 4.79 Å². The molecule has 1 unspecified atom stereocenters. The van der Waals surface area contributed by atoms with Crippen LogP contribution in [0.1, 0.15) is 19.3 Å². The summed E-state index contributed by atoms with van der Waals surface area (Å²) in [4.78, 5) is 12.1. The number of nitrogens with one attached hydrogen (secondary N) is 1. The van der Waals surface area contributed by atoms with Crippen LogP contribution in [0.2, 0.25) is 0 Å². The highest BCUT2D eigenvalue weighted by atomic mass is 79.9. The quantitative estimate of drug-likeness (QED) is 0.897. The first-order chi connectivity index (χ1) is 9.65. The highest BCUT2D eigenvalue weighted by Crippen LogP contribution is 2.33. The van der Waals surface area contributed by atoms with Crippen LogP contribution in [0.5, 0.6) is 0 Å². The van der Waals surface area contributed by atoms with Gasteiger partial charge in [-0.2, -0.15) is 0 Å². The first-order valence-corrected chi connectivity index (χ1v) is 7.67. The number of hydrogen-bond acceptors (Lipinski definition) is 2. The molecule has 4 heteroatoms. The van der Waals surface area contributed by atoms with Crippen molar-refractivity contribution >= 4 is 38.3 Å². The van der Waals surface area contributed by atoms with Crippen LogP contribution in [-0.4, -0.2) is 11.9 Å². The molecule has 3 rings (SSSR count). The normalized spacial score (nSPS) is 16.1. The van der Waals surface area contributed by atoms with Gasteiger partial charge in [-0.05, 0) is 36.3 Å². The SMILES string of the molecule is NC(CC(=O)Nc1ccc(Br)c2ccccc12)C1CC1. The molecule has 2 aromatic carbocycles. The van der Waals surface area contributed by atoms with Crippen molar-refractivity contribution in [3.63, 3.8) is 0 Å². The summed E-state index contributed by atoms with van der Waals surface area (Å²) in [6.45, 7) is 0. The molecule has 0 heterocycles. The van der Waals surface area contributed by atoms with Gasteiger partial charge in [0.25, 0.3) is 0 Å². The summed E-state index contributed by atoms with van der Waals surface area (Å²) in [5.41, 5.74) is 6.85. The highest BCUT2D eigenvalue weighted by Gasteiger charge is 2.29. The second kappa shape index (κ2) is 5.54. The molecule has 0 spiro atoms. The van der Waals surface area contributed by atoms with E-state index < -0.39 is 0 Å². The predicted molar refractivity (Wildman–Crippen MR) is 85.6 cm³/mol. The number of anilines is 1. The predicted octanol–water partition coefficient (Wildman–Crippen LogP) is 3.67. The maximum Gasteiger partial charge on any atom is 0.225 e. The molecule has 1 fully saturated rings. The van der Waals surface area contributed by atoms with E-state index in [-0.39, 0.29) is 11.9 Å². The molecule has 1 aliphatic carbocycles. The zero-order chi connectivity index (χ0) is 14.1. The third-order valence-corrected chi connectivity index (χ3v) is 4.49. The van der Waals surface area contributed by atoms with Gasteiger partial charge in [0.2, 0.25) is 5.91 Å². The van der Waals surface area contributed by atoms with E-state index in [1.54, 1.807) is 0 Å². The Morgan fingerprint density at radius 2 is 1.95 bits per heavy atom. The first-order valence-electron chi connectivity index (χ1n) is 6.88. The fraction of sp³-hybridized carbons (Fsp3) is 0.312. The molecule has 1 saturated carbocycles. The highest BCUT2D eigenvalue weighted by molar-refractivity contribution is 9.10. The number of nitrogens with two attached hydrogens (primary N) is 1. The van der Waals surface area contributed by atoms with E-state index in [0.29, 0.717) is 12.3 Å². The molecule has 2 aromatic rings. The number of carbonyl (C=O) groups is 1. The molecule has 0 radical (unpaired) electrons. The van der Waals surface area contributed by atoms with E-state index >= 15 is 0 Å². The largest absolute Gasteiger partial charge is 0.327 e. The Labute approximate surface area is 126 Å². The smallest absolute Gasteiger partial charge is 0.225 e. The summed E-state index contributed by atoms with van der Waals surface area (Å²) in [6.07, 6.45) is 2.72. The summed E-state index contributed by atoms with van der Waals surface area (Å²) in [5.74, 6) is 0.541. The Morgan fingerprint density at radius 3 is 2.65 bits per heavy atom. The van der Waals surface area contributed by atoms with E-state index in [4.69, 9.17) is 5.73 Å². The van der Waals surface area contributed by atoms with E-state index in [1.165, 1.54) is 0 Å². The topological polar surface area (TPSA) is 55.1 Å². The summed E-state index contributed by atoms with van der Waals surface area (Å²) < 4.78 is 1.03. The molecule has 0 saturated heterocycles. The fourth-order valence-electron chi connectivity index (χ4n) is 2.48. The molecule has 20 heavy (non-hydrogen) atoms. The summed E-state index contributed by atoms with van der Waals surface area (Å²) in [5, 5.41) is 5.12. The van der Waals surface area contributed by atoms with Crippen molar-refractivity contribution in [2.24, 2.45) is 11.7 Å². The van der Waals surface area contributed by atoms with Gasteiger partial charge < -0.3 is 11.1 Å². The molecule has 1 aliphatic rings. The molecule has 104 valence electrons. The van der Waals surface area contributed by atoms with Crippen LogP contribution in [0.25, 0.3) is 10.8 Å². The second-order valence-electron chi connectivity index (χ2n) is 5.39. The van der Waals surface area contributed by atoms with Gasteiger partial charge in [0.15, 0.2) is 0 Å². The van der Waals surface area contributed by atoms with Crippen molar-refractivity contribution in [1.29, 1.82) is 0 Å². The van der Waals surface area contributed by atoms with Crippen molar-refractivity contribution in [3.8, 4) is 0 Å². The van der Waals surface area contributed by atoms with Crippen LogP contribution in [0, 0.1) is 5.92 Å². The van der Waals surface area contributed by atoms with Crippen LogP contribution in [-0.2, 0) is 4.79 Å². The van der Waals surface area contributed by atoms with Gasteiger partial charge in [-0.25, -0.2) is 0 Å². The average Bonchev–Trinajstić information content (AvgIpc) is 3.27. The molecule has 0 aromatic heterocycles. The van der Waals surface area contributed by atoms with Crippen LogP contribution >= 0.6 is 15.9 Å². The average molecular weight is 333 g/mol. The van der Waals surface area contributed by atoms with E-state index in [2.05, 4.69) is 21.2 Å². The third-order valence-electron chi connectivity index (χ3n) is 3.79. The summed E-state index contributed by atoms with van der Waals surface area (Å²) >= 11 is 3.53. The second-order valence-corrected chi connectivity index (χ2v) is 6.25. The maximum absolute atomic E-state index is 12.1. The molecular formula is C16H17BrN2O. The maximum atomic E-state index is 12.1. The number of hydrogen-bond donors (Lipinski definition) is 2. The van der Waals surface area contributed by atoms with Crippen molar-refractivity contribution in [3.05, 3.63) is 40.9 Å². The third kappa shape index (κ3) is 2.86. The first kappa shape index (κ1) is 13.6. The Balaban J connectivity index is 1.80. The minimum absolute atomic E-state index is 0.00289. The van der Waals surface area contributed by atoms with Gasteiger partial charge in [-0.15, -0.1) is 0 Å². The van der Waals surface area contributed by atoms with Crippen LogP contribution in [0.15, 0.2) is 40.9 Å². The van der Waals surface area contributed by atoms with Crippen molar-refractivity contribution in [2.45, 2.75) is 25.3 Å². The number of rotatable bonds is 4. The number of benzene rings is 2. The van der Waals surface area contributed by atoms with Crippen LogP contribution < -0.4 is 11.1 Å². The molecule has 3 nitrogen and oxygen atoms in total. The Morgan fingerprint density at radius 1 is 1.25 bits per heavy atom. The van der Waals surface area contributed by atoms with E-state index in [9.17, 15) is 4.79 Å². The Kier molecular flexibility index (Phi) is 3.76. The zero-order valence-corrected chi connectivity index (χ0v) is 12.7. The Hall–Kier alpha value is -1.39. The minimum Gasteiger partial charge on any atom is -0.327 e. The number of fused-ring (bicyclic) bond motifs is 1. The number of carbonyl (C=O) groups excluding carboxylic acids is 1. The van der Waals surface area contributed by atoms with E-state index in [1.807, 2.05) is 36.4 Å². The van der Waals surface area contributed by atoms with Gasteiger partial charge in [0.05, 0.1) is 0 Å². The fourth-order valence-corrected chi connectivity index (χ4v) is 2.96. The van der Waals surface area contributed by atoms with Gasteiger partial charge >= 0.3 is 0 Å². The number of halogens is 1. The lowest BCUT2D eigenvalue weighted by Crippen LogP contribution is -2.28. The van der Waals surface area contributed by atoms with Gasteiger partial charge in [-0.1, -0.05) is 40.2 Å². The molecule has 3 N–H and O–H groups in total. The van der Waals surface area contributed by atoms with Crippen molar-refractivity contribution in [1.82, 2.24) is 0 Å². The van der Waals surface area contributed by atoms with Gasteiger partial charge in [0, 0.05) is 28.0 Å². The van der Waals surface area contributed by atoms with Gasteiger partial charge in [0.1, 0.15) is 0 Å². The molecule has 1 amide bonds. The monoisotopic (exact) mass is 332 g/mol. The Bertz CT molecular complexity index is 652. The minimum atomic E-state index is -0.00304. The molecule has 0 aliphatic heterocycles. The van der Waals surface area contributed by atoms with Crippen LogP contribution in [0.4, 0.5) is 5.69 Å².